The number of cyclic esters (lactones) is 1. The summed E-state index contributed by atoms with van der Waals surface area (Å²) >= 11 is 0. The van der Waals surface area contributed by atoms with Gasteiger partial charge in [-0.25, -0.2) is 5.43 Å². The third-order valence-corrected chi connectivity index (χ3v) is 1.64. The molecule has 5 nitrogen and oxygen atoms in total. The lowest BCUT2D eigenvalue weighted by atomic mass is 10.3. The van der Waals surface area contributed by atoms with Crippen LogP contribution in [0.15, 0.2) is 0 Å². The van der Waals surface area contributed by atoms with Crippen molar-refractivity contribution in [2.45, 2.75) is 25.8 Å². The van der Waals surface area contributed by atoms with Gasteiger partial charge in [0.2, 0.25) is 5.91 Å². The maximum Gasteiger partial charge on any atom is 0.325 e. The molecule has 2 N–H and O–H groups in total. The SMILES string of the molecule is CCC(=O)NNC1CCOC1=O. The van der Waals surface area contributed by atoms with Crippen molar-refractivity contribution in [2.24, 2.45) is 0 Å². The highest BCUT2D eigenvalue weighted by Crippen LogP contribution is 2.03. The Balaban J connectivity index is 2.22. The highest BCUT2D eigenvalue weighted by molar-refractivity contribution is 5.79. The van der Waals surface area contributed by atoms with E-state index in [4.69, 9.17) is 0 Å². The molecule has 1 fully saturated rings. The summed E-state index contributed by atoms with van der Waals surface area (Å²) in [4.78, 5) is 21.6. The van der Waals surface area contributed by atoms with Crippen LogP contribution in [-0.2, 0) is 14.3 Å². The smallest absolute Gasteiger partial charge is 0.325 e. The topological polar surface area (TPSA) is 67.4 Å². The average molecular weight is 172 g/mol. The minimum absolute atomic E-state index is 0.130. The van der Waals surface area contributed by atoms with E-state index >= 15 is 0 Å². The minimum Gasteiger partial charge on any atom is -0.464 e. The second-order valence-corrected chi connectivity index (χ2v) is 2.55. The van der Waals surface area contributed by atoms with Crippen LogP contribution in [0.4, 0.5) is 0 Å². The van der Waals surface area contributed by atoms with Gasteiger partial charge in [0.25, 0.3) is 0 Å². The van der Waals surface area contributed by atoms with Gasteiger partial charge in [-0.2, -0.15) is 0 Å². The summed E-state index contributed by atoms with van der Waals surface area (Å²) in [6, 6.07) is -0.375. The molecular weight excluding hydrogens is 160 g/mol. The van der Waals surface area contributed by atoms with Crippen molar-refractivity contribution in [2.75, 3.05) is 6.61 Å². The van der Waals surface area contributed by atoms with Gasteiger partial charge in [-0.1, -0.05) is 6.92 Å². The first-order chi connectivity index (χ1) is 5.74. The number of amides is 1. The van der Waals surface area contributed by atoms with Crippen LogP contribution < -0.4 is 10.9 Å². The summed E-state index contributed by atoms with van der Waals surface area (Å²) in [7, 11) is 0. The van der Waals surface area contributed by atoms with Crippen LogP contribution in [0.2, 0.25) is 0 Å². The van der Waals surface area contributed by atoms with Gasteiger partial charge in [0.15, 0.2) is 0 Å². The Hall–Kier alpha value is -1.10. The summed E-state index contributed by atoms with van der Waals surface area (Å²) in [5.41, 5.74) is 5.02. The van der Waals surface area contributed by atoms with E-state index in [0.29, 0.717) is 19.4 Å². The summed E-state index contributed by atoms with van der Waals surface area (Å²) < 4.78 is 4.68. The van der Waals surface area contributed by atoms with Crippen molar-refractivity contribution in [3.63, 3.8) is 0 Å². The summed E-state index contributed by atoms with van der Waals surface area (Å²) in [6.45, 7) is 2.17. The molecule has 1 atom stereocenters. The first kappa shape index (κ1) is 8.99. The molecule has 68 valence electrons. The maximum absolute atomic E-state index is 10.8. The minimum atomic E-state index is -0.375. The first-order valence-corrected chi connectivity index (χ1v) is 3.95. The van der Waals surface area contributed by atoms with Crippen LogP contribution in [0.25, 0.3) is 0 Å². The predicted octanol–water partition coefficient (Wildman–Crippen LogP) is -0.667. The molecule has 0 aromatic carbocycles. The summed E-state index contributed by atoms with van der Waals surface area (Å²) in [5, 5.41) is 0. The number of carbonyl (C=O) groups excluding carboxylic acids is 2. The van der Waals surface area contributed by atoms with E-state index in [1.165, 1.54) is 0 Å². The number of hydrogen-bond donors (Lipinski definition) is 2. The van der Waals surface area contributed by atoms with Gasteiger partial charge in [0.1, 0.15) is 6.04 Å². The van der Waals surface area contributed by atoms with E-state index in [-0.39, 0.29) is 17.9 Å². The Morgan fingerprint density at radius 1 is 1.75 bits per heavy atom. The third kappa shape index (κ3) is 2.20. The van der Waals surface area contributed by atoms with Crippen LogP contribution in [-0.4, -0.2) is 24.5 Å². The Bertz CT molecular complexity index is 193. The van der Waals surface area contributed by atoms with Gasteiger partial charge in [0.05, 0.1) is 6.61 Å². The third-order valence-electron chi connectivity index (χ3n) is 1.64. The quantitative estimate of drug-likeness (QED) is 0.438. The highest BCUT2D eigenvalue weighted by atomic mass is 16.5. The molecule has 1 aliphatic rings. The number of hydrogen-bond acceptors (Lipinski definition) is 4. The van der Waals surface area contributed by atoms with Crippen molar-refractivity contribution < 1.29 is 14.3 Å². The van der Waals surface area contributed by atoms with Crippen LogP contribution in [0.1, 0.15) is 19.8 Å². The molecule has 0 bridgehead atoms. The molecule has 1 aliphatic heterocycles. The number of ether oxygens (including phenoxy) is 1. The second-order valence-electron chi connectivity index (χ2n) is 2.55. The van der Waals surface area contributed by atoms with E-state index in [2.05, 4.69) is 15.6 Å². The summed E-state index contributed by atoms with van der Waals surface area (Å²) in [5.74, 6) is -0.430. The fourth-order valence-corrected chi connectivity index (χ4v) is 0.883. The predicted molar refractivity (Wildman–Crippen MR) is 40.9 cm³/mol. The Morgan fingerprint density at radius 3 is 3.00 bits per heavy atom. The first-order valence-electron chi connectivity index (χ1n) is 3.95. The Labute approximate surface area is 70.4 Å². The van der Waals surface area contributed by atoms with E-state index < -0.39 is 0 Å². The molecule has 1 unspecified atom stereocenters. The van der Waals surface area contributed by atoms with Crippen molar-refractivity contribution in [3.05, 3.63) is 0 Å². The molecule has 0 aliphatic carbocycles. The molecule has 1 heterocycles. The van der Waals surface area contributed by atoms with Crippen LogP contribution in [0.3, 0.4) is 0 Å². The normalized spacial score (nSPS) is 22.1. The van der Waals surface area contributed by atoms with E-state index in [0.717, 1.165) is 0 Å². The monoisotopic (exact) mass is 172 g/mol. The molecule has 5 heteroatoms. The standard InChI is InChI=1S/C7H12N2O3/c1-2-6(10)9-8-5-3-4-12-7(5)11/h5,8H,2-4H2,1H3,(H,9,10). The molecular formula is C7H12N2O3. The lowest BCUT2D eigenvalue weighted by Crippen LogP contribution is -2.46. The van der Waals surface area contributed by atoms with Gasteiger partial charge in [-0.15, -0.1) is 0 Å². The zero-order valence-electron chi connectivity index (χ0n) is 6.92. The van der Waals surface area contributed by atoms with Crippen LogP contribution in [0.5, 0.6) is 0 Å². The average Bonchev–Trinajstić information content (AvgIpc) is 2.47. The van der Waals surface area contributed by atoms with Gasteiger partial charge >= 0.3 is 5.97 Å². The fraction of sp³-hybridized carbons (Fsp3) is 0.714. The van der Waals surface area contributed by atoms with E-state index in [9.17, 15) is 9.59 Å². The molecule has 0 aromatic rings. The number of nitrogens with one attached hydrogen (secondary N) is 2. The molecule has 0 aromatic heterocycles. The zero-order valence-corrected chi connectivity index (χ0v) is 6.92. The number of esters is 1. The van der Waals surface area contributed by atoms with Crippen molar-refractivity contribution >= 4 is 11.9 Å². The molecule has 0 saturated carbocycles. The number of hydrazine groups is 1. The maximum atomic E-state index is 10.8. The summed E-state index contributed by atoms with van der Waals surface area (Å²) in [6.07, 6.45) is 1.01. The Kier molecular flexibility index (Phi) is 3.04. The molecule has 12 heavy (non-hydrogen) atoms. The van der Waals surface area contributed by atoms with Crippen molar-refractivity contribution in [3.8, 4) is 0 Å². The van der Waals surface area contributed by atoms with Gasteiger partial charge in [-0.3, -0.25) is 15.0 Å². The number of carbonyl (C=O) groups is 2. The van der Waals surface area contributed by atoms with Crippen molar-refractivity contribution in [1.29, 1.82) is 0 Å². The van der Waals surface area contributed by atoms with Gasteiger partial charge in [-0.05, 0) is 0 Å². The number of rotatable bonds is 3. The van der Waals surface area contributed by atoms with Crippen molar-refractivity contribution in [1.82, 2.24) is 10.9 Å². The Morgan fingerprint density at radius 2 is 2.50 bits per heavy atom. The lowest BCUT2D eigenvalue weighted by molar-refractivity contribution is -0.140. The highest BCUT2D eigenvalue weighted by Gasteiger charge is 2.26. The second kappa shape index (κ2) is 4.06. The zero-order chi connectivity index (χ0) is 8.97. The molecule has 1 saturated heterocycles. The van der Waals surface area contributed by atoms with Gasteiger partial charge < -0.3 is 4.74 Å². The molecule has 1 rings (SSSR count). The molecule has 0 spiro atoms. The van der Waals surface area contributed by atoms with Crippen LogP contribution >= 0.6 is 0 Å². The fourth-order valence-electron chi connectivity index (χ4n) is 0.883. The lowest BCUT2D eigenvalue weighted by Gasteiger charge is -2.08. The van der Waals surface area contributed by atoms with Gasteiger partial charge in [0, 0.05) is 12.8 Å². The van der Waals surface area contributed by atoms with E-state index in [1.807, 2.05) is 0 Å². The van der Waals surface area contributed by atoms with E-state index in [1.54, 1.807) is 6.92 Å². The largest absolute Gasteiger partial charge is 0.464 e. The van der Waals surface area contributed by atoms with Crippen LogP contribution in [0, 0.1) is 0 Å². The molecule has 0 radical (unpaired) electrons. The molecule has 1 amide bonds.